The maximum absolute atomic E-state index is 13.0. The van der Waals surface area contributed by atoms with Gasteiger partial charge in [-0.25, -0.2) is 9.37 Å². The van der Waals surface area contributed by atoms with E-state index in [9.17, 15) is 14.0 Å². The highest BCUT2D eigenvalue weighted by molar-refractivity contribution is 7.13. The zero-order valence-electron chi connectivity index (χ0n) is 16.8. The molecular formula is C22H22FN5O2S. The standard InChI is InChI=1S/C22H22FN5O2S/c23-17-3-5-18(6-4-17)25-20(29)14-27-8-10-28(11-9-27)21(30)12-19-15-31-22(26-19)16-2-1-7-24-13-16/h1-7,13,15H,8-12,14H2,(H,25,29). The molecule has 2 aromatic heterocycles. The molecule has 2 amide bonds. The van der Waals surface area contributed by atoms with Gasteiger partial charge < -0.3 is 10.2 Å². The van der Waals surface area contributed by atoms with Gasteiger partial charge in [0.1, 0.15) is 10.8 Å². The van der Waals surface area contributed by atoms with Gasteiger partial charge in [0.2, 0.25) is 11.8 Å². The molecule has 0 unspecified atom stereocenters. The van der Waals surface area contributed by atoms with E-state index in [-0.39, 0.29) is 30.6 Å². The summed E-state index contributed by atoms with van der Waals surface area (Å²) in [4.78, 5) is 37.3. The molecule has 1 saturated heterocycles. The first-order valence-electron chi connectivity index (χ1n) is 9.97. The molecule has 0 radical (unpaired) electrons. The van der Waals surface area contributed by atoms with Gasteiger partial charge >= 0.3 is 0 Å². The third-order valence-electron chi connectivity index (χ3n) is 5.01. The monoisotopic (exact) mass is 439 g/mol. The average molecular weight is 440 g/mol. The molecular weight excluding hydrogens is 417 g/mol. The van der Waals surface area contributed by atoms with Crippen LogP contribution in [-0.4, -0.2) is 64.3 Å². The van der Waals surface area contributed by atoms with Crippen LogP contribution in [0.1, 0.15) is 5.69 Å². The van der Waals surface area contributed by atoms with Crippen molar-refractivity contribution in [1.29, 1.82) is 0 Å². The number of nitrogens with zero attached hydrogens (tertiary/aromatic N) is 4. The van der Waals surface area contributed by atoms with Gasteiger partial charge in [-0.05, 0) is 36.4 Å². The largest absolute Gasteiger partial charge is 0.340 e. The molecule has 1 aromatic carbocycles. The van der Waals surface area contributed by atoms with Crippen LogP contribution in [-0.2, 0) is 16.0 Å². The fourth-order valence-corrected chi connectivity index (χ4v) is 4.18. The molecule has 4 rings (SSSR count). The predicted octanol–water partition coefficient (Wildman–Crippen LogP) is 2.67. The minimum absolute atomic E-state index is 0.0402. The lowest BCUT2D eigenvalue weighted by Crippen LogP contribution is -2.50. The summed E-state index contributed by atoms with van der Waals surface area (Å²) in [6, 6.07) is 9.48. The molecule has 7 nitrogen and oxygen atoms in total. The van der Waals surface area contributed by atoms with Crippen molar-refractivity contribution in [2.75, 3.05) is 38.0 Å². The number of nitrogens with one attached hydrogen (secondary N) is 1. The molecule has 31 heavy (non-hydrogen) atoms. The predicted molar refractivity (Wildman–Crippen MR) is 117 cm³/mol. The van der Waals surface area contributed by atoms with Crippen molar-refractivity contribution in [2.24, 2.45) is 0 Å². The van der Waals surface area contributed by atoms with Gasteiger partial charge in [-0.15, -0.1) is 11.3 Å². The van der Waals surface area contributed by atoms with Gasteiger partial charge in [0.05, 0.1) is 18.7 Å². The van der Waals surface area contributed by atoms with E-state index in [1.54, 1.807) is 12.4 Å². The maximum Gasteiger partial charge on any atom is 0.238 e. The highest BCUT2D eigenvalue weighted by Gasteiger charge is 2.23. The number of aromatic nitrogens is 2. The molecule has 0 saturated carbocycles. The Morgan fingerprint density at radius 2 is 1.87 bits per heavy atom. The molecule has 3 aromatic rings. The molecule has 1 N–H and O–H groups in total. The second-order valence-electron chi connectivity index (χ2n) is 7.27. The first-order chi connectivity index (χ1) is 15.1. The summed E-state index contributed by atoms with van der Waals surface area (Å²) in [6.07, 6.45) is 3.74. The lowest BCUT2D eigenvalue weighted by molar-refractivity contribution is -0.132. The number of benzene rings is 1. The van der Waals surface area contributed by atoms with Crippen LogP contribution in [0.25, 0.3) is 10.6 Å². The first-order valence-corrected chi connectivity index (χ1v) is 10.8. The van der Waals surface area contributed by atoms with E-state index in [1.807, 2.05) is 27.3 Å². The number of carbonyl (C=O) groups is 2. The second-order valence-corrected chi connectivity index (χ2v) is 8.13. The van der Waals surface area contributed by atoms with E-state index in [4.69, 9.17) is 0 Å². The topological polar surface area (TPSA) is 78.4 Å². The Morgan fingerprint density at radius 1 is 1.10 bits per heavy atom. The minimum Gasteiger partial charge on any atom is -0.340 e. The molecule has 0 aliphatic carbocycles. The minimum atomic E-state index is -0.343. The summed E-state index contributed by atoms with van der Waals surface area (Å²) < 4.78 is 13.0. The van der Waals surface area contributed by atoms with Crippen LogP contribution >= 0.6 is 11.3 Å². The summed E-state index contributed by atoms with van der Waals surface area (Å²) in [5, 5.41) is 5.53. The number of pyridine rings is 1. The Balaban J connectivity index is 1.23. The highest BCUT2D eigenvalue weighted by atomic mass is 32.1. The lowest BCUT2D eigenvalue weighted by Gasteiger charge is -2.34. The van der Waals surface area contributed by atoms with Gasteiger partial charge in [0.25, 0.3) is 0 Å². The first kappa shape index (κ1) is 21.1. The van der Waals surface area contributed by atoms with Crippen LogP contribution in [0, 0.1) is 5.82 Å². The van der Waals surface area contributed by atoms with Crippen LogP contribution in [0.15, 0.2) is 54.2 Å². The SMILES string of the molecule is O=C(CN1CCN(C(=O)Cc2csc(-c3cccnc3)n2)CC1)Nc1ccc(F)cc1. The van der Waals surface area contributed by atoms with Crippen LogP contribution in [0.5, 0.6) is 0 Å². The smallest absolute Gasteiger partial charge is 0.238 e. The third kappa shape index (κ3) is 5.71. The van der Waals surface area contributed by atoms with Crippen molar-refractivity contribution in [1.82, 2.24) is 19.8 Å². The van der Waals surface area contributed by atoms with Gasteiger partial charge in [-0.3, -0.25) is 19.5 Å². The number of piperazine rings is 1. The number of rotatable bonds is 6. The van der Waals surface area contributed by atoms with Crippen molar-refractivity contribution >= 4 is 28.8 Å². The average Bonchev–Trinajstić information content (AvgIpc) is 3.25. The zero-order valence-corrected chi connectivity index (χ0v) is 17.6. The molecule has 1 fully saturated rings. The summed E-state index contributed by atoms with van der Waals surface area (Å²) >= 11 is 1.50. The number of halogens is 1. The van der Waals surface area contributed by atoms with E-state index in [1.165, 1.54) is 35.6 Å². The summed E-state index contributed by atoms with van der Waals surface area (Å²) in [5.74, 6) is -0.458. The van der Waals surface area contributed by atoms with Crippen molar-refractivity contribution in [3.8, 4) is 10.6 Å². The van der Waals surface area contributed by atoms with Crippen molar-refractivity contribution in [2.45, 2.75) is 6.42 Å². The fourth-order valence-electron chi connectivity index (χ4n) is 3.37. The highest BCUT2D eigenvalue weighted by Crippen LogP contribution is 2.23. The number of hydrogen-bond acceptors (Lipinski definition) is 6. The Hall–Kier alpha value is -3.17. The van der Waals surface area contributed by atoms with E-state index in [0.29, 0.717) is 31.9 Å². The van der Waals surface area contributed by atoms with Crippen LogP contribution in [0.3, 0.4) is 0 Å². The van der Waals surface area contributed by atoms with Crippen molar-refractivity contribution < 1.29 is 14.0 Å². The lowest BCUT2D eigenvalue weighted by atomic mass is 10.2. The summed E-state index contributed by atoms with van der Waals surface area (Å²) in [6.45, 7) is 2.63. The molecule has 0 spiro atoms. The normalized spacial score (nSPS) is 14.4. The Labute approximate surface area is 183 Å². The quantitative estimate of drug-likeness (QED) is 0.639. The molecule has 3 heterocycles. The number of carbonyl (C=O) groups excluding carboxylic acids is 2. The molecule has 1 aliphatic rings. The van der Waals surface area contributed by atoms with Crippen molar-refractivity contribution in [3.63, 3.8) is 0 Å². The van der Waals surface area contributed by atoms with Gasteiger partial charge in [-0.1, -0.05) is 0 Å². The zero-order chi connectivity index (χ0) is 21.6. The van der Waals surface area contributed by atoms with Gasteiger partial charge in [0, 0.05) is 55.2 Å². The van der Waals surface area contributed by atoms with Crippen LogP contribution in [0.2, 0.25) is 0 Å². The molecule has 0 bridgehead atoms. The Kier molecular flexibility index (Phi) is 6.63. The summed E-state index contributed by atoms with van der Waals surface area (Å²) in [5.41, 5.74) is 2.27. The Morgan fingerprint density at radius 3 is 2.58 bits per heavy atom. The number of anilines is 1. The number of amides is 2. The Bertz CT molecular complexity index is 1030. The van der Waals surface area contributed by atoms with E-state index < -0.39 is 0 Å². The summed E-state index contributed by atoms with van der Waals surface area (Å²) in [7, 11) is 0. The third-order valence-corrected chi connectivity index (χ3v) is 5.95. The van der Waals surface area contributed by atoms with E-state index in [2.05, 4.69) is 15.3 Å². The number of hydrogen-bond donors (Lipinski definition) is 1. The van der Waals surface area contributed by atoms with Crippen LogP contribution in [0.4, 0.5) is 10.1 Å². The van der Waals surface area contributed by atoms with Gasteiger partial charge in [-0.2, -0.15) is 0 Å². The molecule has 0 atom stereocenters. The second kappa shape index (κ2) is 9.76. The van der Waals surface area contributed by atoms with Crippen molar-refractivity contribution in [3.05, 3.63) is 65.7 Å². The number of thiazole rings is 1. The van der Waals surface area contributed by atoms with Gasteiger partial charge in [0.15, 0.2) is 0 Å². The fraction of sp³-hybridized carbons (Fsp3) is 0.273. The maximum atomic E-state index is 13.0. The molecule has 1 aliphatic heterocycles. The van der Waals surface area contributed by atoms with E-state index in [0.717, 1.165) is 16.3 Å². The van der Waals surface area contributed by atoms with E-state index >= 15 is 0 Å². The molecule has 160 valence electrons. The van der Waals surface area contributed by atoms with Crippen LogP contribution < -0.4 is 5.32 Å². The molecule has 9 heteroatoms.